The minimum Gasteiger partial charge on any atom is -0.318 e. The Hall–Kier alpha value is -1.36. The summed E-state index contributed by atoms with van der Waals surface area (Å²) in [6.45, 7) is 1.84. The Balaban J connectivity index is 2.30. The van der Waals surface area contributed by atoms with Crippen LogP contribution in [0, 0.1) is 6.92 Å². The molecule has 7 heteroatoms. The highest BCUT2D eigenvalue weighted by atomic mass is 35.5. The number of hydrogen-bond acceptors (Lipinski definition) is 3. The van der Waals surface area contributed by atoms with Gasteiger partial charge in [-0.15, -0.1) is 0 Å². The summed E-state index contributed by atoms with van der Waals surface area (Å²) in [4.78, 5) is 19.9. The van der Waals surface area contributed by atoms with Crippen molar-refractivity contribution < 1.29 is 4.79 Å². The number of halogens is 3. The first-order valence-corrected chi connectivity index (χ1v) is 6.36. The number of hydrogen-bond donors (Lipinski definition) is 1. The van der Waals surface area contributed by atoms with E-state index >= 15 is 0 Å². The highest BCUT2D eigenvalue weighted by Gasteiger charge is 2.15. The molecule has 2 aromatic rings. The maximum absolute atomic E-state index is 12.0. The number of rotatable bonds is 2. The Kier molecular flexibility index (Phi) is 4.24. The van der Waals surface area contributed by atoms with E-state index in [4.69, 9.17) is 34.8 Å². The maximum atomic E-state index is 12.0. The second-order valence-corrected chi connectivity index (χ2v) is 4.92. The normalized spacial score (nSPS) is 10.3. The van der Waals surface area contributed by atoms with E-state index in [1.165, 1.54) is 12.1 Å². The van der Waals surface area contributed by atoms with Gasteiger partial charge in [-0.3, -0.25) is 4.79 Å². The first-order chi connectivity index (χ1) is 8.97. The predicted octanol–water partition coefficient (Wildman–Crippen LogP) is 4.00. The van der Waals surface area contributed by atoms with Crippen molar-refractivity contribution >= 4 is 46.4 Å². The van der Waals surface area contributed by atoms with Crippen molar-refractivity contribution in [3.63, 3.8) is 0 Å². The molecule has 0 aliphatic heterocycles. The minimum atomic E-state index is -0.498. The van der Waals surface area contributed by atoms with Gasteiger partial charge in [-0.05, 0) is 30.7 Å². The van der Waals surface area contributed by atoms with Gasteiger partial charge in [0.1, 0.15) is 10.8 Å². The molecule has 19 heavy (non-hydrogen) atoms. The summed E-state index contributed by atoms with van der Waals surface area (Å²) in [5, 5.41) is 3.18. The van der Waals surface area contributed by atoms with Crippen LogP contribution < -0.4 is 5.32 Å². The van der Waals surface area contributed by atoms with Gasteiger partial charge in [0.2, 0.25) is 0 Å². The van der Waals surface area contributed by atoms with Crippen LogP contribution in [0.4, 0.5) is 5.69 Å². The third-order valence-electron chi connectivity index (χ3n) is 2.25. The highest BCUT2D eigenvalue weighted by Crippen LogP contribution is 2.22. The highest BCUT2D eigenvalue weighted by molar-refractivity contribution is 6.36. The molecule has 0 aliphatic carbocycles. The van der Waals surface area contributed by atoms with Crippen LogP contribution in [0.2, 0.25) is 15.3 Å². The summed E-state index contributed by atoms with van der Waals surface area (Å²) in [6.07, 6.45) is 1.60. The molecule has 0 radical (unpaired) electrons. The predicted molar refractivity (Wildman–Crippen MR) is 76.2 cm³/mol. The molecular formula is C12H8Cl3N3O. The van der Waals surface area contributed by atoms with Gasteiger partial charge in [-0.25, -0.2) is 9.97 Å². The lowest BCUT2D eigenvalue weighted by Gasteiger charge is -2.08. The van der Waals surface area contributed by atoms with E-state index in [1.807, 2.05) is 6.92 Å². The van der Waals surface area contributed by atoms with Gasteiger partial charge in [-0.1, -0.05) is 34.8 Å². The summed E-state index contributed by atoms with van der Waals surface area (Å²) in [7, 11) is 0. The molecule has 0 bridgehead atoms. The number of pyridine rings is 2. The number of nitrogens with one attached hydrogen (secondary N) is 1. The molecule has 2 heterocycles. The van der Waals surface area contributed by atoms with E-state index < -0.39 is 5.91 Å². The van der Waals surface area contributed by atoms with E-state index in [9.17, 15) is 4.79 Å². The van der Waals surface area contributed by atoms with Crippen LogP contribution in [0.15, 0.2) is 24.4 Å². The lowest BCUT2D eigenvalue weighted by atomic mass is 10.3. The fourth-order valence-electron chi connectivity index (χ4n) is 1.40. The van der Waals surface area contributed by atoms with Gasteiger partial charge in [0, 0.05) is 6.20 Å². The van der Waals surface area contributed by atoms with Crippen LogP contribution in [-0.2, 0) is 0 Å². The molecule has 98 valence electrons. The first-order valence-electron chi connectivity index (χ1n) is 5.23. The zero-order valence-corrected chi connectivity index (χ0v) is 12.0. The van der Waals surface area contributed by atoms with Crippen molar-refractivity contribution in [3.8, 4) is 0 Å². The van der Waals surface area contributed by atoms with Gasteiger partial charge in [0.15, 0.2) is 5.15 Å². The van der Waals surface area contributed by atoms with Crippen LogP contribution in [0.1, 0.15) is 16.1 Å². The second kappa shape index (κ2) is 5.74. The van der Waals surface area contributed by atoms with Gasteiger partial charge in [0.05, 0.1) is 10.7 Å². The van der Waals surface area contributed by atoms with Gasteiger partial charge < -0.3 is 5.32 Å². The average molecular weight is 317 g/mol. The van der Waals surface area contributed by atoms with Crippen molar-refractivity contribution in [1.29, 1.82) is 0 Å². The van der Waals surface area contributed by atoms with Crippen molar-refractivity contribution in [2.75, 3.05) is 5.32 Å². The Morgan fingerprint density at radius 3 is 2.74 bits per heavy atom. The monoisotopic (exact) mass is 315 g/mol. The smallest absolute Gasteiger partial charge is 0.275 e. The largest absolute Gasteiger partial charge is 0.318 e. The first kappa shape index (κ1) is 14.1. The topological polar surface area (TPSA) is 54.9 Å². The fourth-order valence-corrected chi connectivity index (χ4v) is 1.89. The fraction of sp³-hybridized carbons (Fsp3) is 0.0833. The Labute approximate surface area is 124 Å². The molecule has 2 rings (SSSR count). The molecule has 0 aliphatic rings. The third-order valence-corrected chi connectivity index (χ3v) is 3.07. The van der Waals surface area contributed by atoms with Crippen LogP contribution in [0.25, 0.3) is 0 Å². The van der Waals surface area contributed by atoms with Crippen molar-refractivity contribution in [2.24, 2.45) is 0 Å². The summed E-state index contributed by atoms with van der Waals surface area (Å²) < 4.78 is 0. The number of amides is 1. The molecule has 0 saturated carbocycles. The van der Waals surface area contributed by atoms with Crippen LogP contribution in [0.3, 0.4) is 0 Å². The van der Waals surface area contributed by atoms with E-state index in [1.54, 1.807) is 12.3 Å². The summed E-state index contributed by atoms with van der Waals surface area (Å²) >= 11 is 17.5. The lowest BCUT2D eigenvalue weighted by Crippen LogP contribution is -2.15. The second-order valence-electron chi connectivity index (χ2n) is 3.77. The molecule has 0 fully saturated rings. The number of nitrogens with zero attached hydrogens (tertiary/aromatic N) is 2. The molecule has 1 N–H and O–H groups in total. The molecule has 4 nitrogen and oxygen atoms in total. The quantitative estimate of drug-likeness (QED) is 0.852. The molecular weight excluding hydrogens is 309 g/mol. The number of carbonyl (C=O) groups is 1. The SMILES string of the molecule is Cc1cnc(Cl)c(NC(=O)c2nc(Cl)ccc2Cl)c1. The summed E-state index contributed by atoms with van der Waals surface area (Å²) in [6, 6.07) is 4.70. The van der Waals surface area contributed by atoms with E-state index in [2.05, 4.69) is 15.3 Å². The maximum Gasteiger partial charge on any atom is 0.275 e. The lowest BCUT2D eigenvalue weighted by molar-refractivity contribution is 0.102. The molecule has 0 aromatic carbocycles. The van der Waals surface area contributed by atoms with E-state index in [-0.39, 0.29) is 21.0 Å². The number of aromatic nitrogens is 2. The standard InChI is InChI=1S/C12H8Cl3N3O/c1-6-4-8(11(15)16-5-6)17-12(19)10-7(13)2-3-9(14)18-10/h2-5H,1H3,(H,17,19). The summed E-state index contributed by atoms with van der Waals surface area (Å²) in [5.74, 6) is -0.498. The third kappa shape index (κ3) is 3.35. The van der Waals surface area contributed by atoms with Gasteiger partial charge in [-0.2, -0.15) is 0 Å². The van der Waals surface area contributed by atoms with Crippen molar-refractivity contribution in [1.82, 2.24) is 9.97 Å². The number of carbonyl (C=O) groups excluding carboxylic acids is 1. The van der Waals surface area contributed by atoms with E-state index in [0.717, 1.165) is 5.56 Å². The van der Waals surface area contributed by atoms with Gasteiger partial charge in [0.25, 0.3) is 5.91 Å². The number of aryl methyl sites for hydroxylation is 1. The molecule has 1 amide bonds. The van der Waals surface area contributed by atoms with E-state index in [0.29, 0.717) is 5.69 Å². The Morgan fingerprint density at radius 1 is 1.26 bits per heavy atom. The van der Waals surface area contributed by atoms with Crippen LogP contribution in [0.5, 0.6) is 0 Å². The Bertz CT molecular complexity index is 646. The zero-order chi connectivity index (χ0) is 14.0. The van der Waals surface area contributed by atoms with Gasteiger partial charge >= 0.3 is 0 Å². The molecule has 0 unspecified atom stereocenters. The average Bonchev–Trinajstić information content (AvgIpc) is 2.36. The Morgan fingerprint density at radius 2 is 2.00 bits per heavy atom. The van der Waals surface area contributed by atoms with Crippen molar-refractivity contribution in [2.45, 2.75) is 6.92 Å². The van der Waals surface area contributed by atoms with Crippen LogP contribution >= 0.6 is 34.8 Å². The minimum absolute atomic E-state index is 0.0340. The molecule has 0 atom stereocenters. The zero-order valence-electron chi connectivity index (χ0n) is 9.75. The molecule has 0 spiro atoms. The number of anilines is 1. The van der Waals surface area contributed by atoms with Crippen molar-refractivity contribution in [3.05, 3.63) is 51.0 Å². The molecule has 0 saturated heterocycles. The summed E-state index contributed by atoms with van der Waals surface area (Å²) in [5.41, 5.74) is 1.29. The van der Waals surface area contributed by atoms with Crippen LogP contribution in [-0.4, -0.2) is 15.9 Å². The molecule has 2 aromatic heterocycles.